The van der Waals surface area contributed by atoms with Gasteiger partial charge in [-0.25, -0.2) is 5.43 Å². The van der Waals surface area contributed by atoms with Gasteiger partial charge in [0, 0.05) is 16.3 Å². The van der Waals surface area contributed by atoms with Gasteiger partial charge in [0.05, 0.1) is 16.8 Å². The van der Waals surface area contributed by atoms with Crippen LogP contribution in [-0.4, -0.2) is 17.2 Å². The zero-order chi connectivity index (χ0) is 21.4. The topological polar surface area (TPSA) is 61.7 Å². The van der Waals surface area contributed by atoms with E-state index < -0.39 is 5.91 Å². The maximum atomic E-state index is 12.7. The van der Waals surface area contributed by atoms with Crippen LogP contribution in [0.25, 0.3) is 32.3 Å². The predicted molar refractivity (Wildman–Crippen MR) is 127 cm³/mol. The first-order chi connectivity index (χ1) is 15.1. The highest BCUT2D eigenvalue weighted by molar-refractivity contribution is 6.42. The lowest BCUT2D eigenvalue weighted by molar-refractivity contribution is 0.0952. The third-order valence-electron chi connectivity index (χ3n) is 5.38. The number of aromatic hydroxyl groups is 1. The average Bonchev–Trinajstić information content (AvgIpc) is 2.80. The molecule has 31 heavy (non-hydrogen) atoms. The number of fused-ring (bicyclic) bond motifs is 3. The Hall–Kier alpha value is -3.89. The fourth-order valence-corrected chi connectivity index (χ4v) is 4.20. The maximum Gasteiger partial charge on any atom is 0.275 e. The average molecular weight is 425 g/mol. The predicted octanol–water partition coefficient (Wildman–Crippen LogP) is 6.27. The summed E-state index contributed by atoms with van der Waals surface area (Å²) in [5.41, 5.74) is 3.56. The molecule has 0 bridgehead atoms. The number of halogens is 1. The number of phenolic OH excluding ortho intramolecular Hbond substituents is 1. The molecule has 0 aromatic heterocycles. The first-order valence-electron chi connectivity index (χ1n) is 9.77. The number of hydrogen-bond donors (Lipinski definition) is 2. The van der Waals surface area contributed by atoms with Gasteiger partial charge in [-0.05, 0) is 33.7 Å². The molecule has 0 spiro atoms. The molecule has 0 heterocycles. The number of hydrazone groups is 1. The lowest BCUT2D eigenvalue weighted by atomic mass is 9.97. The second-order valence-corrected chi connectivity index (χ2v) is 7.61. The summed E-state index contributed by atoms with van der Waals surface area (Å²) in [6, 6.07) is 26.4. The molecule has 0 fully saturated rings. The van der Waals surface area contributed by atoms with Gasteiger partial charge in [-0.1, -0.05) is 84.4 Å². The molecule has 0 atom stereocenters. The Balaban J connectivity index is 1.53. The third kappa shape index (κ3) is 3.37. The van der Waals surface area contributed by atoms with Crippen molar-refractivity contribution in [2.24, 2.45) is 5.10 Å². The summed E-state index contributed by atoms with van der Waals surface area (Å²) in [7, 11) is 0. The minimum absolute atomic E-state index is 0.0891. The summed E-state index contributed by atoms with van der Waals surface area (Å²) in [6.07, 6.45) is 1.62. The Kier molecular flexibility index (Phi) is 4.77. The molecular formula is C26H17ClN2O2. The van der Waals surface area contributed by atoms with Crippen LogP contribution < -0.4 is 5.43 Å². The number of carbonyl (C=O) groups is 1. The van der Waals surface area contributed by atoms with E-state index in [0.29, 0.717) is 5.02 Å². The van der Waals surface area contributed by atoms with Crippen LogP contribution >= 0.6 is 11.6 Å². The number of nitrogens with one attached hydrogen (secondary N) is 1. The molecule has 150 valence electrons. The molecule has 0 aliphatic rings. The quantitative estimate of drug-likeness (QED) is 0.204. The van der Waals surface area contributed by atoms with Crippen molar-refractivity contribution in [3.8, 4) is 5.75 Å². The molecular weight excluding hydrogens is 408 g/mol. The first kappa shape index (κ1) is 19.1. The van der Waals surface area contributed by atoms with Crippen LogP contribution in [0, 0.1) is 0 Å². The molecule has 0 radical (unpaired) electrons. The van der Waals surface area contributed by atoms with Gasteiger partial charge in [0.2, 0.25) is 0 Å². The first-order valence-corrected chi connectivity index (χ1v) is 10.2. The molecule has 2 N–H and O–H groups in total. The van der Waals surface area contributed by atoms with Crippen LogP contribution in [0.4, 0.5) is 0 Å². The van der Waals surface area contributed by atoms with E-state index in [9.17, 15) is 9.90 Å². The molecule has 5 heteroatoms. The van der Waals surface area contributed by atoms with E-state index in [0.717, 1.165) is 37.9 Å². The highest BCUT2D eigenvalue weighted by atomic mass is 35.5. The Morgan fingerprint density at radius 1 is 0.806 bits per heavy atom. The smallest absolute Gasteiger partial charge is 0.275 e. The molecule has 4 nitrogen and oxygen atoms in total. The number of phenols is 1. The molecule has 5 aromatic carbocycles. The molecule has 1 amide bonds. The van der Waals surface area contributed by atoms with Crippen LogP contribution in [0.3, 0.4) is 0 Å². The highest BCUT2D eigenvalue weighted by Gasteiger charge is 2.13. The van der Waals surface area contributed by atoms with Gasteiger partial charge in [0.1, 0.15) is 5.75 Å². The van der Waals surface area contributed by atoms with Gasteiger partial charge in [0.25, 0.3) is 5.91 Å². The van der Waals surface area contributed by atoms with Crippen molar-refractivity contribution in [3.63, 3.8) is 0 Å². The molecule has 0 saturated carbocycles. The van der Waals surface area contributed by atoms with Crippen molar-refractivity contribution in [3.05, 3.63) is 101 Å². The lowest BCUT2D eigenvalue weighted by Crippen LogP contribution is -2.17. The fourth-order valence-electron chi connectivity index (χ4n) is 3.87. The minimum Gasteiger partial charge on any atom is -0.507 e. The molecule has 0 aliphatic heterocycles. The number of amides is 1. The Morgan fingerprint density at radius 3 is 1.94 bits per heavy atom. The van der Waals surface area contributed by atoms with Crippen LogP contribution in [0.1, 0.15) is 15.9 Å². The van der Waals surface area contributed by atoms with Gasteiger partial charge in [-0.15, -0.1) is 0 Å². The van der Waals surface area contributed by atoms with Crippen molar-refractivity contribution in [2.45, 2.75) is 0 Å². The highest BCUT2D eigenvalue weighted by Crippen LogP contribution is 2.35. The van der Waals surface area contributed by atoms with Gasteiger partial charge in [-0.3, -0.25) is 4.79 Å². The van der Waals surface area contributed by atoms with Crippen molar-refractivity contribution >= 4 is 56.0 Å². The van der Waals surface area contributed by atoms with E-state index in [4.69, 9.17) is 11.6 Å². The van der Waals surface area contributed by atoms with Crippen molar-refractivity contribution in [1.29, 1.82) is 0 Å². The third-order valence-corrected chi connectivity index (χ3v) is 5.78. The van der Waals surface area contributed by atoms with E-state index in [1.165, 1.54) is 0 Å². The van der Waals surface area contributed by atoms with E-state index in [-0.39, 0.29) is 11.3 Å². The van der Waals surface area contributed by atoms with Gasteiger partial charge < -0.3 is 5.11 Å². The monoisotopic (exact) mass is 424 g/mol. The van der Waals surface area contributed by atoms with Crippen molar-refractivity contribution in [2.75, 3.05) is 0 Å². The Morgan fingerprint density at radius 2 is 1.32 bits per heavy atom. The second-order valence-electron chi connectivity index (χ2n) is 7.23. The Labute approximate surface area is 183 Å². The number of hydrogen-bond acceptors (Lipinski definition) is 3. The fraction of sp³-hybridized carbons (Fsp3) is 0. The second kappa shape index (κ2) is 7.74. The van der Waals surface area contributed by atoms with E-state index in [2.05, 4.69) is 10.5 Å². The number of nitrogens with zero attached hydrogens (tertiary/aromatic N) is 1. The summed E-state index contributed by atoms with van der Waals surface area (Å²) >= 11 is 6.63. The lowest BCUT2D eigenvalue weighted by Gasteiger charge is -2.10. The molecule has 0 unspecified atom stereocenters. The van der Waals surface area contributed by atoms with Gasteiger partial charge >= 0.3 is 0 Å². The van der Waals surface area contributed by atoms with E-state index >= 15 is 0 Å². The summed E-state index contributed by atoms with van der Waals surface area (Å²) in [5.74, 6) is -0.573. The zero-order valence-corrected chi connectivity index (χ0v) is 17.1. The number of carbonyl (C=O) groups excluding carboxylic acids is 1. The molecule has 0 saturated heterocycles. The zero-order valence-electron chi connectivity index (χ0n) is 16.3. The number of rotatable bonds is 3. The molecule has 5 aromatic rings. The Bertz CT molecular complexity index is 1450. The largest absolute Gasteiger partial charge is 0.507 e. The summed E-state index contributed by atoms with van der Waals surface area (Å²) in [4.78, 5) is 12.7. The molecule has 0 aliphatic carbocycles. The summed E-state index contributed by atoms with van der Waals surface area (Å²) in [6.45, 7) is 0. The van der Waals surface area contributed by atoms with E-state index in [1.807, 2.05) is 72.8 Å². The standard InChI is InChI=1S/C26H17ClN2O2/c27-25-20-11-5-3-9-18(20)23(19-10-4-6-12-21(19)25)15-28-29-26(31)22-13-16-7-1-2-8-17(16)14-24(22)30/h1-15,30H,(H,29,31). The summed E-state index contributed by atoms with van der Waals surface area (Å²) in [5, 5.41) is 20.6. The number of benzene rings is 5. The molecule has 5 rings (SSSR count). The minimum atomic E-state index is -0.484. The van der Waals surface area contributed by atoms with Crippen molar-refractivity contribution in [1.82, 2.24) is 5.43 Å². The van der Waals surface area contributed by atoms with Gasteiger partial charge in [0.15, 0.2) is 0 Å². The SMILES string of the molecule is O=C(NN=Cc1c2ccccc2c(Cl)c2ccccc12)c1cc2ccccc2cc1O. The van der Waals surface area contributed by atoms with Crippen LogP contribution in [0.15, 0.2) is 90.0 Å². The van der Waals surface area contributed by atoms with E-state index in [1.54, 1.807) is 18.3 Å². The van der Waals surface area contributed by atoms with Crippen LogP contribution in [-0.2, 0) is 0 Å². The maximum absolute atomic E-state index is 12.7. The normalized spacial score (nSPS) is 11.5. The van der Waals surface area contributed by atoms with Gasteiger partial charge in [-0.2, -0.15) is 5.10 Å². The summed E-state index contributed by atoms with van der Waals surface area (Å²) < 4.78 is 0. The van der Waals surface area contributed by atoms with Crippen LogP contribution in [0.2, 0.25) is 5.02 Å². The van der Waals surface area contributed by atoms with Crippen molar-refractivity contribution < 1.29 is 9.90 Å². The van der Waals surface area contributed by atoms with Crippen LogP contribution in [0.5, 0.6) is 5.75 Å².